The van der Waals surface area contributed by atoms with E-state index in [2.05, 4.69) is 10.3 Å². The Labute approximate surface area is 162 Å². The van der Waals surface area contributed by atoms with Crippen molar-refractivity contribution in [1.29, 1.82) is 0 Å². The summed E-state index contributed by atoms with van der Waals surface area (Å²) in [5, 5.41) is 8.14. The fourth-order valence-electron chi connectivity index (χ4n) is 4.46. The number of hydrogen-bond acceptors (Lipinski definition) is 4. The summed E-state index contributed by atoms with van der Waals surface area (Å²) >= 11 is 0. The van der Waals surface area contributed by atoms with Crippen molar-refractivity contribution < 1.29 is 9.59 Å². The zero-order chi connectivity index (χ0) is 19.5. The van der Waals surface area contributed by atoms with E-state index >= 15 is 0 Å². The number of aryl methyl sites for hydroxylation is 1. The van der Waals surface area contributed by atoms with Crippen LogP contribution in [0.15, 0.2) is 48.8 Å². The molecule has 0 radical (unpaired) electrons. The maximum atomic E-state index is 13.4. The third kappa shape index (κ3) is 2.17. The summed E-state index contributed by atoms with van der Waals surface area (Å²) in [4.78, 5) is 29.5. The summed E-state index contributed by atoms with van der Waals surface area (Å²) < 4.78 is 3.59. The molecule has 1 saturated heterocycles. The molecule has 1 atom stereocenters. The smallest absolute Gasteiger partial charge is 0.272 e. The number of benzene rings is 1. The number of aromatic nitrogens is 4. The van der Waals surface area contributed by atoms with Crippen LogP contribution in [0.3, 0.4) is 0 Å². The van der Waals surface area contributed by atoms with Crippen molar-refractivity contribution in [3.05, 3.63) is 65.7 Å². The SMILES string of the molecule is CC(=O)N1CCN2C(=O)c3cc(-n4cc(C)nn4)cn3CC12c1ccccc1. The van der Waals surface area contributed by atoms with Crippen LogP contribution in [0.2, 0.25) is 0 Å². The quantitative estimate of drug-likeness (QED) is 0.680. The molecule has 0 spiro atoms. The van der Waals surface area contributed by atoms with Crippen molar-refractivity contribution in [3.8, 4) is 5.69 Å². The summed E-state index contributed by atoms with van der Waals surface area (Å²) in [7, 11) is 0. The van der Waals surface area contributed by atoms with Gasteiger partial charge in [-0.2, -0.15) is 0 Å². The largest absolute Gasteiger partial charge is 0.337 e. The van der Waals surface area contributed by atoms with Crippen molar-refractivity contribution >= 4 is 11.8 Å². The van der Waals surface area contributed by atoms with Gasteiger partial charge in [0.15, 0.2) is 5.66 Å². The molecule has 0 bridgehead atoms. The van der Waals surface area contributed by atoms with E-state index in [9.17, 15) is 9.59 Å². The first-order chi connectivity index (χ1) is 13.5. The van der Waals surface area contributed by atoms with Crippen molar-refractivity contribution in [2.24, 2.45) is 0 Å². The predicted molar refractivity (Wildman–Crippen MR) is 101 cm³/mol. The van der Waals surface area contributed by atoms with E-state index in [-0.39, 0.29) is 11.8 Å². The van der Waals surface area contributed by atoms with Gasteiger partial charge in [-0.1, -0.05) is 35.5 Å². The summed E-state index contributed by atoms with van der Waals surface area (Å²) in [6.07, 6.45) is 3.72. The fourth-order valence-corrected chi connectivity index (χ4v) is 4.46. The van der Waals surface area contributed by atoms with Gasteiger partial charge in [0, 0.05) is 26.2 Å². The van der Waals surface area contributed by atoms with Crippen molar-refractivity contribution in [2.45, 2.75) is 26.1 Å². The lowest BCUT2D eigenvalue weighted by atomic mass is 9.94. The van der Waals surface area contributed by atoms with Gasteiger partial charge in [0.2, 0.25) is 5.91 Å². The Morgan fingerprint density at radius 2 is 1.93 bits per heavy atom. The Bertz CT molecular complexity index is 1090. The standard InChI is InChI=1S/C20H20N6O2/c1-14-11-26(22-21-14)17-10-18-19(28)25-9-8-24(15(2)27)20(25,13-23(18)12-17)16-6-4-3-5-7-16/h3-7,10-12H,8-9,13H2,1-2H3. The highest BCUT2D eigenvalue weighted by atomic mass is 16.2. The second-order valence-corrected chi connectivity index (χ2v) is 7.33. The first-order valence-corrected chi connectivity index (χ1v) is 9.26. The van der Waals surface area contributed by atoms with Gasteiger partial charge in [0.05, 0.1) is 24.1 Å². The molecule has 3 aromatic rings. The highest BCUT2D eigenvalue weighted by Crippen LogP contribution is 2.43. The molecule has 0 saturated carbocycles. The van der Waals surface area contributed by atoms with Gasteiger partial charge in [-0.15, -0.1) is 5.10 Å². The number of amides is 2. The Morgan fingerprint density at radius 3 is 2.61 bits per heavy atom. The van der Waals surface area contributed by atoms with Crippen LogP contribution in [0.5, 0.6) is 0 Å². The molecule has 8 nitrogen and oxygen atoms in total. The molecule has 1 unspecified atom stereocenters. The van der Waals surface area contributed by atoms with Gasteiger partial charge >= 0.3 is 0 Å². The Balaban J connectivity index is 1.68. The summed E-state index contributed by atoms with van der Waals surface area (Å²) in [5.41, 5.74) is 2.31. The monoisotopic (exact) mass is 376 g/mol. The van der Waals surface area contributed by atoms with Crippen LogP contribution in [0.1, 0.15) is 28.7 Å². The molecular weight excluding hydrogens is 356 g/mol. The molecule has 0 N–H and O–H groups in total. The third-order valence-corrected chi connectivity index (χ3v) is 5.67. The molecular formula is C20H20N6O2. The molecule has 2 aliphatic rings. The highest BCUT2D eigenvalue weighted by molar-refractivity contribution is 5.96. The molecule has 0 aliphatic carbocycles. The number of nitrogens with zero attached hydrogens (tertiary/aromatic N) is 6. The highest BCUT2D eigenvalue weighted by Gasteiger charge is 2.55. The van der Waals surface area contributed by atoms with Gasteiger partial charge in [0.25, 0.3) is 5.91 Å². The molecule has 142 valence electrons. The van der Waals surface area contributed by atoms with E-state index in [1.165, 1.54) is 0 Å². The lowest BCUT2D eigenvalue weighted by Crippen LogP contribution is -2.59. The van der Waals surface area contributed by atoms with Crippen LogP contribution in [0.25, 0.3) is 5.69 Å². The average Bonchev–Trinajstić information content (AvgIpc) is 3.39. The van der Waals surface area contributed by atoms with Gasteiger partial charge in [0.1, 0.15) is 5.69 Å². The summed E-state index contributed by atoms with van der Waals surface area (Å²) in [6, 6.07) is 11.6. The van der Waals surface area contributed by atoms with Crippen LogP contribution >= 0.6 is 0 Å². The van der Waals surface area contributed by atoms with Crippen molar-refractivity contribution in [1.82, 2.24) is 29.4 Å². The summed E-state index contributed by atoms with van der Waals surface area (Å²) in [6.45, 7) is 4.95. The van der Waals surface area contributed by atoms with Gasteiger partial charge in [-0.25, -0.2) is 4.68 Å². The van der Waals surface area contributed by atoms with Crippen molar-refractivity contribution in [3.63, 3.8) is 0 Å². The number of fused-ring (bicyclic) bond motifs is 2. The van der Waals surface area contributed by atoms with Crippen LogP contribution in [-0.4, -0.2) is 54.3 Å². The van der Waals surface area contributed by atoms with Crippen LogP contribution in [0, 0.1) is 6.92 Å². The van der Waals surface area contributed by atoms with E-state index in [4.69, 9.17) is 0 Å². The molecule has 4 heterocycles. The van der Waals surface area contributed by atoms with E-state index in [1.54, 1.807) is 11.6 Å². The third-order valence-electron chi connectivity index (χ3n) is 5.67. The number of rotatable bonds is 2. The van der Waals surface area contributed by atoms with Crippen LogP contribution in [0.4, 0.5) is 0 Å². The molecule has 1 fully saturated rings. The summed E-state index contributed by atoms with van der Waals surface area (Å²) in [5.74, 6) is -0.121. The second-order valence-electron chi connectivity index (χ2n) is 7.33. The normalized spacial score (nSPS) is 21.0. The van der Waals surface area contributed by atoms with Gasteiger partial charge < -0.3 is 14.4 Å². The maximum Gasteiger partial charge on any atom is 0.272 e. The Kier molecular flexibility index (Phi) is 3.46. The van der Waals surface area contributed by atoms with Gasteiger partial charge in [-0.05, 0) is 18.6 Å². The lowest BCUT2D eigenvalue weighted by molar-refractivity contribution is -0.138. The first kappa shape index (κ1) is 16.7. The minimum atomic E-state index is -0.814. The number of carbonyl (C=O) groups is 2. The maximum absolute atomic E-state index is 13.4. The number of carbonyl (C=O) groups excluding carboxylic acids is 2. The number of hydrogen-bond donors (Lipinski definition) is 0. The van der Waals surface area contributed by atoms with E-state index < -0.39 is 5.66 Å². The second kappa shape index (κ2) is 5.79. The first-order valence-electron chi connectivity index (χ1n) is 9.26. The predicted octanol–water partition coefficient (Wildman–Crippen LogP) is 1.55. The van der Waals surface area contributed by atoms with E-state index in [1.807, 2.05) is 70.1 Å². The molecule has 5 rings (SSSR count). The zero-order valence-corrected chi connectivity index (χ0v) is 15.7. The Hall–Kier alpha value is -3.42. The van der Waals surface area contributed by atoms with Crippen molar-refractivity contribution in [2.75, 3.05) is 13.1 Å². The molecule has 28 heavy (non-hydrogen) atoms. The van der Waals surface area contributed by atoms with E-state index in [0.717, 1.165) is 16.9 Å². The minimum Gasteiger partial charge on any atom is -0.337 e. The topological polar surface area (TPSA) is 76.3 Å². The van der Waals surface area contributed by atoms with E-state index in [0.29, 0.717) is 25.3 Å². The van der Waals surface area contributed by atoms with Gasteiger partial charge in [-0.3, -0.25) is 9.59 Å². The molecule has 2 aliphatic heterocycles. The minimum absolute atomic E-state index is 0.0399. The molecule has 2 amide bonds. The molecule has 1 aromatic carbocycles. The lowest BCUT2D eigenvalue weighted by Gasteiger charge is -2.47. The average molecular weight is 376 g/mol. The molecule has 8 heteroatoms. The van der Waals surface area contributed by atoms with Crippen LogP contribution < -0.4 is 0 Å². The van der Waals surface area contributed by atoms with Crippen LogP contribution in [-0.2, 0) is 17.0 Å². The Morgan fingerprint density at radius 1 is 1.14 bits per heavy atom. The molecule has 2 aromatic heterocycles. The fraction of sp³-hybridized carbons (Fsp3) is 0.300. The zero-order valence-electron chi connectivity index (χ0n) is 15.7.